The van der Waals surface area contributed by atoms with Crippen molar-refractivity contribution < 1.29 is 18.8 Å². The highest BCUT2D eigenvalue weighted by molar-refractivity contribution is 8.00. The molecule has 2 heterocycles. The number of benzene rings is 3. The molecular weight excluding hydrogens is 653 g/mol. The summed E-state index contributed by atoms with van der Waals surface area (Å²) < 4.78 is 5.98. The summed E-state index contributed by atoms with van der Waals surface area (Å²) in [5.74, 6) is 0.458. The van der Waals surface area contributed by atoms with E-state index in [4.69, 9.17) is 4.42 Å². The Morgan fingerprint density at radius 3 is 2.39 bits per heavy atom. The second kappa shape index (κ2) is 15.2. The van der Waals surface area contributed by atoms with E-state index in [1.165, 1.54) is 34.1 Å². The number of carbonyl (C=O) groups excluding carboxylic acids is 3. The van der Waals surface area contributed by atoms with Gasteiger partial charge in [-0.2, -0.15) is 5.26 Å². The first-order chi connectivity index (χ1) is 23.8. The maximum Gasteiger partial charge on any atom is 0.272 e. The SMILES string of the molecule is C[C@H]1CCc2c(sc(NC(=O)[C@@H](C)Sc3ccc(NC(=O)/C(=C\c4ccc(-c5ccccc5)o4)NC(=O)c4ccccc4)cc3)c2C#N)C1. The highest BCUT2D eigenvalue weighted by Gasteiger charge is 2.26. The first kappa shape index (κ1) is 33.5. The lowest BCUT2D eigenvalue weighted by molar-refractivity contribution is -0.115. The Balaban J connectivity index is 1.12. The Bertz CT molecular complexity index is 2040. The van der Waals surface area contributed by atoms with Gasteiger partial charge in [0, 0.05) is 32.7 Å². The van der Waals surface area contributed by atoms with E-state index in [9.17, 15) is 19.6 Å². The first-order valence-electron chi connectivity index (χ1n) is 15.9. The van der Waals surface area contributed by atoms with Gasteiger partial charge in [0.2, 0.25) is 5.91 Å². The molecule has 3 aromatic carbocycles. The zero-order chi connectivity index (χ0) is 34.3. The Labute approximate surface area is 293 Å². The van der Waals surface area contributed by atoms with Crippen LogP contribution >= 0.6 is 23.1 Å². The molecule has 0 fully saturated rings. The molecule has 3 amide bonds. The number of anilines is 2. The summed E-state index contributed by atoms with van der Waals surface area (Å²) in [5, 5.41) is 18.6. The van der Waals surface area contributed by atoms with E-state index in [0.29, 0.717) is 39.3 Å². The van der Waals surface area contributed by atoms with Crippen LogP contribution in [0.15, 0.2) is 112 Å². The van der Waals surface area contributed by atoms with Gasteiger partial charge in [-0.1, -0.05) is 55.5 Å². The van der Waals surface area contributed by atoms with Crippen LogP contribution in [0.25, 0.3) is 17.4 Å². The molecule has 10 heteroatoms. The minimum absolute atomic E-state index is 0.00742. The van der Waals surface area contributed by atoms with Crippen molar-refractivity contribution in [2.45, 2.75) is 43.3 Å². The molecule has 0 unspecified atom stereocenters. The molecule has 8 nitrogen and oxygen atoms in total. The molecule has 1 aliphatic carbocycles. The van der Waals surface area contributed by atoms with Crippen LogP contribution in [0, 0.1) is 17.2 Å². The fourth-order valence-electron chi connectivity index (χ4n) is 5.52. The van der Waals surface area contributed by atoms with Crippen LogP contribution < -0.4 is 16.0 Å². The number of hydrogen-bond donors (Lipinski definition) is 3. The van der Waals surface area contributed by atoms with Crippen LogP contribution in [-0.2, 0) is 22.4 Å². The molecule has 0 saturated heterocycles. The third-order valence-corrected chi connectivity index (χ3v) is 10.4. The first-order valence-corrected chi connectivity index (χ1v) is 17.6. The number of furan rings is 1. The maximum atomic E-state index is 13.5. The Morgan fingerprint density at radius 1 is 0.959 bits per heavy atom. The fourth-order valence-corrected chi connectivity index (χ4v) is 7.75. The van der Waals surface area contributed by atoms with Crippen molar-refractivity contribution in [3.8, 4) is 17.4 Å². The van der Waals surface area contributed by atoms with Gasteiger partial charge < -0.3 is 20.4 Å². The topological polar surface area (TPSA) is 124 Å². The molecule has 5 aromatic rings. The Hall–Kier alpha value is -5.37. The summed E-state index contributed by atoms with van der Waals surface area (Å²) in [5.41, 5.74) is 3.48. The number of fused-ring (bicyclic) bond motifs is 1. The number of thioether (sulfide) groups is 1. The largest absolute Gasteiger partial charge is 0.457 e. The van der Waals surface area contributed by atoms with Gasteiger partial charge in [-0.05, 0) is 86.2 Å². The minimum atomic E-state index is -0.531. The molecule has 0 aliphatic heterocycles. The number of carbonyl (C=O) groups is 3. The van der Waals surface area contributed by atoms with Gasteiger partial charge in [0.25, 0.3) is 11.8 Å². The molecule has 246 valence electrons. The lowest BCUT2D eigenvalue weighted by Gasteiger charge is -2.17. The highest BCUT2D eigenvalue weighted by atomic mass is 32.2. The molecule has 2 aromatic heterocycles. The summed E-state index contributed by atoms with van der Waals surface area (Å²) in [6.45, 7) is 4.03. The van der Waals surface area contributed by atoms with Crippen LogP contribution in [0.3, 0.4) is 0 Å². The number of thiophene rings is 1. The van der Waals surface area contributed by atoms with Crippen LogP contribution in [0.4, 0.5) is 10.7 Å². The van der Waals surface area contributed by atoms with Crippen molar-refractivity contribution in [3.05, 3.63) is 130 Å². The molecule has 0 saturated carbocycles. The summed E-state index contributed by atoms with van der Waals surface area (Å²) >= 11 is 2.89. The normalized spacial score (nSPS) is 14.6. The molecule has 0 radical (unpaired) electrons. The van der Waals surface area contributed by atoms with Gasteiger partial charge in [-0.15, -0.1) is 23.1 Å². The van der Waals surface area contributed by atoms with Crippen molar-refractivity contribution in [2.24, 2.45) is 5.92 Å². The molecular formula is C39H34N4O4S2. The second-order valence-electron chi connectivity index (χ2n) is 11.8. The predicted molar refractivity (Wildman–Crippen MR) is 195 cm³/mol. The number of nitriles is 1. The molecule has 2 atom stereocenters. The van der Waals surface area contributed by atoms with Crippen LogP contribution in [0.2, 0.25) is 0 Å². The van der Waals surface area contributed by atoms with E-state index >= 15 is 0 Å². The number of nitrogens with zero attached hydrogens (tertiary/aromatic N) is 1. The average molecular weight is 687 g/mol. The average Bonchev–Trinajstić information content (AvgIpc) is 3.73. The number of amides is 3. The monoisotopic (exact) mass is 686 g/mol. The Morgan fingerprint density at radius 2 is 1.67 bits per heavy atom. The van der Waals surface area contributed by atoms with Gasteiger partial charge in [-0.3, -0.25) is 14.4 Å². The standard InChI is InChI=1S/C39H34N4O4S2/c1-24-13-19-31-32(23-40)39(49-35(31)21-24)43-36(44)25(2)48-30-17-14-28(15-18-30)41-38(46)33(42-37(45)27-11-7-4-8-12-27)22-29-16-20-34(47-29)26-9-5-3-6-10-26/h3-12,14-18,20,22,24-25H,13,19,21H2,1-2H3,(H,41,46)(H,42,45)(H,43,44)/b33-22+/t24-,25+/m0/s1. The van der Waals surface area contributed by atoms with Gasteiger partial charge >= 0.3 is 0 Å². The van der Waals surface area contributed by atoms with Gasteiger partial charge in [-0.25, -0.2) is 0 Å². The van der Waals surface area contributed by atoms with Gasteiger partial charge in [0.1, 0.15) is 28.3 Å². The molecule has 0 spiro atoms. The fraction of sp³-hybridized carbons (Fsp3) is 0.179. The predicted octanol–water partition coefficient (Wildman–Crippen LogP) is 8.53. The van der Waals surface area contributed by atoms with Crippen LogP contribution in [0.5, 0.6) is 0 Å². The van der Waals surface area contributed by atoms with Crippen molar-refractivity contribution >= 4 is 57.6 Å². The van der Waals surface area contributed by atoms with Crippen molar-refractivity contribution in [3.63, 3.8) is 0 Å². The third kappa shape index (κ3) is 8.20. The van der Waals surface area contributed by atoms with E-state index in [0.717, 1.165) is 35.3 Å². The lowest BCUT2D eigenvalue weighted by atomic mass is 9.89. The quantitative estimate of drug-likeness (QED) is 0.1000. The summed E-state index contributed by atoms with van der Waals surface area (Å²) in [6.07, 6.45) is 4.35. The van der Waals surface area contributed by atoms with Gasteiger partial charge in [0.05, 0.1) is 10.8 Å². The summed E-state index contributed by atoms with van der Waals surface area (Å²) in [6, 6.07) is 31.2. The summed E-state index contributed by atoms with van der Waals surface area (Å²) in [7, 11) is 0. The highest BCUT2D eigenvalue weighted by Crippen LogP contribution is 2.39. The van der Waals surface area contributed by atoms with Crippen LogP contribution in [-0.4, -0.2) is 23.0 Å². The van der Waals surface area contributed by atoms with Crippen molar-refractivity contribution in [1.82, 2.24) is 5.32 Å². The molecule has 49 heavy (non-hydrogen) atoms. The van der Waals surface area contributed by atoms with E-state index in [1.807, 2.05) is 61.5 Å². The van der Waals surface area contributed by atoms with E-state index in [1.54, 1.807) is 42.5 Å². The molecule has 1 aliphatic rings. The Kier molecular flexibility index (Phi) is 10.4. The number of nitrogens with one attached hydrogen (secondary N) is 3. The smallest absolute Gasteiger partial charge is 0.272 e. The maximum absolute atomic E-state index is 13.5. The van der Waals surface area contributed by atoms with E-state index < -0.39 is 17.1 Å². The lowest BCUT2D eigenvalue weighted by Crippen LogP contribution is -2.30. The molecule has 0 bridgehead atoms. The van der Waals surface area contributed by atoms with Crippen molar-refractivity contribution in [2.75, 3.05) is 10.6 Å². The number of hydrogen-bond acceptors (Lipinski definition) is 7. The van der Waals surface area contributed by atoms with Crippen LogP contribution in [0.1, 0.15) is 52.4 Å². The minimum Gasteiger partial charge on any atom is -0.457 e. The zero-order valence-electron chi connectivity index (χ0n) is 27.0. The second-order valence-corrected chi connectivity index (χ2v) is 14.4. The number of rotatable bonds is 10. The van der Waals surface area contributed by atoms with E-state index in [-0.39, 0.29) is 11.6 Å². The molecule has 6 rings (SSSR count). The zero-order valence-corrected chi connectivity index (χ0v) is 28.6. The third-order valence-electron chi connectivity index (χ3n) is 8.15. The van der Waals surface area contributed by atoms with E-state index in [2.05, 4.69) is 28.9 Å². The summed E-state index contributed by atoms with van der Waals surface area (Å²) in [4.78, 5) is 41.7. The van der Waals surface area contributed by atoms with Gasteiger partial charge in [0.15, 0.2) is 0 Å². The van der Waals surface area contributed by atoms with Crippen molar-refractivity contribution in [1.29, 1.82) is 5.26 Å². The molecule has 3 N–H and O–H groups in total.